The quantitative estimate of drug-likeness (QED) is 0.434. The van der Waals surface area contributed by atoms with Gasteiger partial charge in [0.25, 0.3) is 0 Å². The van der Waals surface area contributed by atoms with Gasteiger partial charge in [-0.05, 0) is 56.7 Å². The maximum Gasteiger partial charge on any atom is 0.213 e. The molecule has 2 aromatic rings. The minimum absolute atomic E-state index is 0.480. The van der Waals surface area contributed by atoms with Gasteiger partial charge in [-0.15, -0.1) is 0 Å². The number of hydrogen-bond acceptors (Lipinski definition) is 7. The highest BCUT2D eigenvalue weighted by Crippen LogP contribution is 2.23. The van der Waals surface area contributed by atoms with Gasteiger partial charge in [0.05, 0.1) is 24.2 Å². The molecule has 0 fully saturated rings. The smallest absolute Gasteiger partial charge is 0.213 e. The molecule has 0 unspecified atom stereocenters. The lowest BCUT2D eigenvalue weighted by atomic mass is 9.94. The van der Waals surface area contributed by atoms with Crippen LogP contribution in [0.25, 0.3) is 0 Å². The number of aliphatic hydroxyl groups is 1. The summed E-state index contributed by atoms with van der Waals surface area (Å²) < 4.78 is 5.22. The predicted molar refractivity (Wildman–Crippen MR) is 109 cm³/mol. The van der Waals surface area contributed by atoms with Crippen LogP contribution in [0.1, 0.15) is 48.8 Å². The van der Waals surface area contributed by atoms with Crippen molar-refractivity contribution in [3.05, 3.63) is 53.0 Å². The van der Waals surface area contributed by atoms with Gasteiger partial charge in [0.2, 0.25) is 5.88 Å². The van der Waals surface area contributed by atoms with Crippen LogP contribution in [0, 0.1) is 5.41 Å². The third-order valence-electron chi connectivity index (χ3n) is 4.33. The molecule has 7 heteroatoms. The van der Waals surface area contributed by atoms with Crippen molar-refractivity contribution in [2.75, 3.05) is 20.8 Å². The molecule has 0 atom stereocenters. The zero-order valence-electron chi connectivity index (χ0n) is 16.7. The second-order valence-corrected chi connectivity index (χ2v) is 6.33. The summed E-state index contributed by atoms with van der Waals surface area (Å²) in [6.07, 6.45) is 4.56. The predicted octanol–water partition coefficient (Wildman–Crippen LogP) is 3.17. The molecule has 28 heavy (non-hydrogen) atoms. The molecule has 2 aromatic heterocycles. The van der Waals surface area contributed by atoms with E-state index in [1.807, 2.05) is 24.3 Å². The highest BCUT2D eigenvalue weighted by molar-refractivity contribution is 6.00. The highest BCUT2D eigenvalue weighted by Gasteiger charge is 2.18. The number of ether oxygens (including phenoxy) is 1. The Labute approximate surface area is 165 Å². The van der Waals surface area contributed by atoms with Crippen molar-refractivity contribution in [1.82, 2.24) is 9.97 Å². The van der Waals surface area contributed by atoms with Crippen LogP contribution < -0.4 is 4.74 Å². The Morgan fingerprint density at radius 1 is 1.18 bits per heavy atom. The third-order valence-corrected chi connectivity index (χ3v) is 4.33. The number of nitrogens with one attached hydrogen (secondary N) is 1. The van der Waals surface area contributed by atoms with Crippen LogP contribution in [0.15, 0.2) is 35.5 Å². The molecule has 1 aliphatic carbocycles. The zero-order chi connectivity index (χ0) is 20.4. The number of pyridine rings is 2. The van der Waals surface area contributed by atoms with Gasteiger partial charge in [0.1, 0.15) is 12.3 Å². The fourth-order valence-corrected chi connectivity index (χ4v) is 2.96. The van der Waals surface area contributed by atoms with Gasteiger partial charge in [0, 0.05) is 18.9 Å². The molecule has 2 heterocycles. The second-order valence-electron chi connectivity index (χ2n) is 6.33. The molecule has 0 saturated heterocycles. The van der Waals surface area contributed by atoms with Crippen LogP contribution in [-0.4, -0.2) is 47.3 Å². The van der Waals surface area contributed by atoms with Gasteiger partial charge < -0.3 is 20.1 Å². The van der Waals surface area contributed by atoms with E-state index in [1.165, 1.54) is 5.56 Å². The lowest BCUT2D eigenvalue weighted by Gasteiger charge is -2.17. The Hall–Kier alpha value is -2.80. The van der Waals surface area contributed by atoms with Gasteiger partial charge in [0.15, 0.2) is 0 Å². The first-order valence-corrected chi connectivity index (χ1v) is 9.36. The van der Waals surface area contributed by atoms with Gasteiger partial charge in [-0.25, -0.2) is 4.98 Å². The van der Waals surface area contributed by atoms with Gasteiger partial charge in [-0.2, -0.15) is 0 Å². The van der Waals surface area contributed by atoms with Crippen molar-refractivity contribution in [2.24, 2.45) is 5.16 Å². The molecular formula is C21H28N4O3. The van der Waals surface area contributed by atoms with Crippen molar-refractivity contribution in [1.29, 1.82) is 5.41 Å². The molecule has 3 rings (SSSR count). The molecule has 2 N–H and O–H groups in total. The fraction of sp³-hybridized carbons (Fsp3) is 0.429. The number of fused-ring (bicyclic) bond motifs is 1. The third kappa shape index (κ3) is 5.85. The normalized spacial score (nSPS) is 13.9. The van der Waals surface area contributed by atoms with E-state index in [0.717, 1.165) is 62.0 Å². The van der Waals surface area contributed by atoms with Crippen LogP contribution in [0.3, 0.4) is 0 Å². The number of aryl methyl sites for hydroxylation is 2. The van der Waals surface area contributed by atoms with E-state index in [2.05, 4.69) is 21.2 Å². The summed E-state index contributed by atoms with van der Waals surface area (Å²) in [6.45, 7) is 2.27. The minimum Gasteiger partial charge on any atom is -0.481 e. The Morgan fingerprint density at radius 2 is 2.00 bits per heavy atom. The van der Waals surface area contributed by atoms with E-state index in [0.29, 0.717) is 18.2 Å². The van der Waals surface area contributed by atoms with E-state index in [9.17, 15) is 0 Å². The van der Waals surface area contributed by atoms with Crippen molar-refractivity contribution in [3.8, 4) is 5.88 Å². The molecule has 7 nitrogen and oxygen atoms in total. The number of nitrogens with zero attached hydrogens (tertiary/aromatic N) is 3. The average Bonchev–Trinajstić information content (AvgIpc) is 2.75. The molecule has 0 amide bonds. The summed E-state index contributed by atoms with van der Waals surface area (Å²) in [6, 6.07) is 9.72. The van der Waals surface area contributed by atoms with Crippen LogP contribution in [-0.2, 0) is 17.7 Å². The summed E-state index contributed by atoms with van der Waals surface area (Å²) in [4.78, 5) is 14.5. The van der Waals surface area contributed by atoms with Crippen LogP contribution >= 0.6 is 0 Å². The molecule has 150 valence electrons. The molecule has 1 aliphatic rings. The van der Waals surface area contributed by atoms with E-state index >= 15 is 0 Å². The zero-order valence-corrected chi connectivity index (χ0v) is 16.7. The Bertz CT molecular complexity index is 821. The molecule has 0 radical (unpaired) electrons. The van der Waals surface area contributed by atoms with E-state index < -0.39 is 0 Å². The number of rotatable bonds is 7. The highest BCUT2D eigenvalue weighted by atomic mass is 16.6. The molecule has 0 aliphatic heterocycles. The van der Waals surface area contributed by atoms with Crippen molar-refractivity contribution < 1.29 is 14.7 Å². The monoisotopic (exact) mass is 384 g/mol. The maximum absolute atomic E-state index is 7.66. The maximum atomic E-state index is 7.66. The number of oxime groups is 1. The summed E-state index contributed by atoms with van der Waals surface area (Å²) >= 11 is 0. The Balaban J connectivity index is 0.00000136. The van der Waals surface area contributed by atoms with Crippen molar-refractivity contribution in [3.63, 3.8) is 0 Å². The first-order valence-electron chi connectivity index (χ1n) is 9.36. The van der Waals surface area contributed by atoms with E-state index in [4.69, 9.17) is 20.1 Å². The van der Waals surface area contributed by atoms with E-state index in [-0.39, 0.29) is 0 Å². The number of aliphatic hydroxyl groups excluding tert-OH is 1. The van der Waals surface area contributed by atoms with Crippen molar-refractivity contribution >= 4 is 11.4 Å². The fourth-order valence-electron chi connectivity index (χ4n) is 2.96. The number of aromatic nitrogens is 2. The largest absolute Gasteiger partial charge is 0.481 e. The second kappa shape index (κ2) is 11.1. The van der Waals surface area contributed by atoms with Gasteiger partial charge in [-0.3, -0.25) is 4.98 Å². The Kier molecular flexibility index (Phi) is 8.55. The Morgan fingerprint density at radius 3 is 2.75 bits per heavy atom. The SMILES string of the molecule is CO.COc1ccc2c(n1)/C(=N/OCCCc1cccc(C(C)=N)n1)CCC2. The van der Waals surface area contributed by atoms with Gasteiger partial charge >= 0.3 is 0 Å². The molecule has 0 aromatic carbocycles. The van der Waals surface area contributed by atoms with Gasteiger partial charge in [-0.1, -0.05) is 17.3 Å². The van der Waals surface area contributed by atoms with Crippen LogP contribution in [0.2, 0.25) is 0 Å². The molecule has 0 bridgehead atoms. The molecule has 0 spiro atoms. The lowest BCUT2D eigenvalue weighted by molar-refractivity contribution is 0.141. The first kappa shape index (κ1) is 21.5. The standard InChI is InChI=1S/C20H24N4O2.CH4O/c1-14(21)17-9-4-7-16(22-17)8-5-13-26-24-18-10-3-6-15-11-12-19(25-2)23-20(15)18;1-2/h4,7,9,11-12,21H,3,5-6,8,10,13H2,1-2H3;2H,1H3/b21-14?,24-18+;. The minimum atomic E-state index is 0.480. The average molecular weight is 384 g/mol. The number of methoxy groups -OCH3 is 1. The summed E-state index contributed by atoms with van der Waals surface area (Å²) in [5.41, 5.74) is 5.16. The van der Waals surface area contributed by atoms with Crippen molar-refractivity contribution in [2.45, 2.75) is 39.0 Å². The molecule has 0 saturated carbocycles. The van der Waals surface area contributed by atoms with E-state index in [1.54, 1.807) is 14.0 Å². The topological polar surface area (TPSA) is 101 Å². The summed E-state index contributed by atoms with van der Waals surface area (Å²) in [7, 11) is 2.62. The lowest BCUT2D eigenvalue weighted by Crippen LogP contribution is -2.15. The number of hydrogen-bond donors (Lipinski definition) is 2. The van der Waals surface area contributed by atoms with Crippen LogP contribution in [0.4, 0.5) is 0 Å². The molecular weight excluding hydrogens is 356 g/mol. The van der Waals surface area contributed by atoms with Crippen LogP contribution in [0.5, 0.6) is 5.88 Å². The summed E-state index contributed by atoms with van der Waals surface area (Å²) in [5, 5.41) is 19.0. The first-order chi connectivity index (χ1) is 13.7. The summed E-state index contributed by atoms with van der Waals surface area (Å²) in [5.74, 6) is 0.603.